The number of hydrogen-bond acceptors (Lipinski definition) is 3. The monoisotopic (exact) mass is 447 g/mol. The highest BCUT2D eigenvalue weighted by molar-refractivity contribution is 5.98. The van der Waals surface area contributed by atoms with Gasteiger partial charge in [0.2, 0.25) is 0 Å². The molecule has 1 saturated heterocycles. The SMILES string of the molecule is CCN(CC1CCCN(CCc2cccc(OC)c2)C1)C(=O)c1cc2ccccc2n1CC. The molecule has 176 valence electrons. The van der Waals surface area contributed by atoms with E-state index in [4.69, 9.17) is 4.74 Å². The zero-order valence-corrected chi connectivity index (χ0v) is 20.3. The Morgan fingerprint density at radius 1 is 1.12 bits per heavy atom. The Bertz CT molecular complexity index is 1070. The maximum absolute atomic E-state index is 13.5. The summed E-state index contributed by atoms with van der Waals surface area (Å²) in [5.41, 5.74) is 3.27. The number of aromatic nitrogens is 1. The molecule has 0 radical (unpaired) electrons. The van der Waals surface area contributed by atoms with Crippen LogP contribution in [0, 0.1) is 5.92 Å². The molecule has 1 atom stereocenters. The molecule has 2 heterocycles. The Morgan fingerprint density at radius 3 is 2.76 bits per heavy atom. The van der Waals surface area contributed by atoms with Gasteiger partial charge in [0.15, 0.2) is 0 Å². The summed E-state index contributed by atoms with van der Waals surface area (Å²) in [6.45, 7) is 9.83. The average Bonchev–Trinajstić information content (AvgIpc) is 3.24. The predicted molar refractivity (Wildman–Crippen MR) is 135 cm³/mol. The minimum absolute atomic E-state index is 0.157. The normalized spacial score (nSPS) is 16.8. The molecule has 1 fully saturated rings. The van der Waals surface area contributed by atoms with Gasteiger partial charge < -0.3 is 19.1 Å². The summed E-state index contributed by atoms with van der Waals surface area (Å²) < 4.78 is 7.52. The first-order valence-corrected chi connectivity index (χ1v) is 12.4. The van der Waals surface area contributed by atoms with Crippen molar-refractivity contribution in [3.63, 3.8) is 0 Å². The molecule has 1 unspecified atom stereocenters. The molecule has 0 aliphatic carbocycles. The van der Waals surface area contributed by atoms with E-state index in [1.165, 1.54) is 18.4 Å². The van der Waals surface area contributed by atoms with Crippen LogP contribution in [0.2, 0.25) is 0 Å². The van der Waals surface area contributed by atoms with Crippen LogP contribution >= 0.6 is 0 Å². The maximum atomic E-state index is 13.5. The van der Waals surface area contributed by atoms with Crippen molar-refractivity contribution in [3.8, 4) is 5.75 Å². The van der Waals surface area contributed by atoms with Crippen molar-refractivity contribution in [1.82, 2.24) is 14.4 Å². The molecule has 0 N–H and O–H groups in total. The van der Waals surface area contributed by atoms with Gasteiger partial charge in [0.25, 0.3) is 5.91 Å². The zero-order valence-electron chi connectivity index (χ0n) is 20.3. The van der Waals surface area contributed by atoms with E-state index in [9.17, 15) is 4.79 Å². The fourth-order valence-electron chi connectivity index (χ4n) is 5.18. The van der Waals surface area contributed by atoms with Crippen LogP contribution in [0.4, 0.5) is 0 Å². The average molecular weight is 448 g/mol. The van der Waals surface area contributed by atoms with Crippen molar-refractivity contribution >= 4 is 16.8 Å². The number of likely N-dealkylation sites (tertiary alicyclic amines) is 1. The van der Waals surface area contributed by atoms with Crippen LogP contribution in [0.1, 0.15) is 42.7 Å². The van der Waals surface area contributed by atoms with Gasteiger partial charge in [-0.1, -0.05) is 30.3 Å². The van der Waals surface area contributed by atoms with Crippen molar-refractivity contribution in [3.05, 3.63) is 65.9 Å². The van der Waals surface area contributed by atoms with Crippen LogP contribution in [0.15, 0.2) is 54.6 Å². The van der Waals surface area contributed by atoms with Crippen molar-refractivity contribution in [2.24, 2.45) is 5.92 Å². The number of amides is 1. The van der Waals surface area contributed by atoms with Gasteiger partial charge in [-0.05, 0) is 75.4 Å². The largest absolute Gasteiger partial charge is 0.497 e. The van der Waals surface area contributed by atoms with Gasteiger partial charge in [0.05, 0.1) is 7.11 Å². The number of methoxy groups -OCH3 is 1. The van der Waals surface area contributed by atoms with E-state index in [-0.39, 0.29) is 5.91 Å². The lowest BCUT2D eigenvalue weighted by molar-refractivity contribution is 0.0681. The fraction of sp³-hybridized carbons (Fsp3) is 0.464. The molecule has 4 rings (SSSR count). The molecular weight excluding hydrogens is 410 g/mol. The van der Waals surface area contributed by atoms with E-state index < -0.39 is 0 Å². The van der Waals surface area contributed by atoms with Crippen LogP contribution in [0.5, 0.6) is 5.75 Å². The Hall–Kier alpha value is -2.79. The Balaban J connectivity index is 1.39. The van der Waals surface area contributed by atoms with Crippen molar-refractivity contribution in [1.29, 1.82) is 0 Å². The van der Waals surface area contributed by atoms with Gasteiger partial charge in [0, 0.05) is 43.6 Å². The molecule has 5 heteroatoms. The first-order valence-electron chi connectivity index (χ1n) is 12.4. The van der Waals surface area contributed by atoms with Crippen LogP contribution in [0.3, 0.4) is 0 Å². The summed E-state index contributed by atoms with van der Waals surface area (Å²) in [7, 11) is 1.72. The number of rotatable bonds is 9. The van der Waals surface area contributed by atoms with Crippen molar-refractivity contribution in [2.75, 3.05) is 39.8 Å². The Kier molecular flexibility index (Phi) is 7.71. The number of hydrogen-bond donors (Lipinski definition) is 0. The highest BCUT2D eigenvalue weighted by Gasteiger charge is 2.26. The summed E-state index contributed by atoms with van der Waals surface area (Å²) in [4.78, 5) is 18.1. The lowest BCUT2D eigenvalue weighted by Crippen LogP contribution is -2.43. The van der Waals surface area contributed by atoms with E-state index in [1.807, 2.05) is 18.2 Å². The number of aryl methyl sites for hydroxylation is 1. The number of ether oxygens (including phenoxy) is 1. The van der Waals surface area contributed by atoms with Crippen LogP contribution in [-0.4, -0.2) is 60.1 Å². The lowest BCUT2D eigenvalue weighted by Gasteiger charge is -2.35. The van der Waals surface area contributed by atoms with Gasteiger partial charge in [-0.3, -0.25) is 4.79 Å². The molecule has 1 aromatic heterocycles. The van der Waals surface area contributed by atoms with E-state index in [1.54, 1.807) is 7.11 Å². The number of piperidine rings is 1. The molecule has 1 aliphatic rings. The van der Waals surface area contributed by atoms with Crippen LogP contribution in [-0.2, 0) is 13.0 Å². The molecule has 5 nitrogen and oxygen atoms in total. The first-order chi connectivity index (χ1) is 16.1. The number of para-hydroxylation sites is 1. The molecular formula is C28H37N3O2. The Morgan fingerprint density at radius 2 is 1.97 bits per heavy atom. The minimum Gasteiger partial charge on any atom is -0.497 e. The summed E-state index contributed by atoms with van der Waals surface area (Å²) in [6, 6.07) is 18.7. The Labute approximate surface area is 197 Å². The number of benzene rings is 2. The number of carbonyl (C=O) groups excluding carboxylic acids is 1. The molecule has 1 amide bonds. The second-order valence-corrected chi connectivity index (χ2v) is 9.09. The zero-order chi connectivity index (χ0) is 23.2. The maximum Gasteiger partial charge on any atom is 0.270 e. The summed E-state index contributed by atoms with van der Waals surface area (Å²) in [5, 5.41) is 1.14. The molecule has 1 aliphatic heterocycles. The third-order valence-corrected chi connectivity index (χ3v) is 6.95. The third kappa shape index (κ3) is 5.41. The van der Waals surface area contributed by atoms with Gasteiger partial charge in [0.1, 0.15) is 11.4 Å². The second kappa shape index (κ2) is 10.9. The molecule has 0 spiro atoms. The third-order valence-electron chi connectivity index (χ3n) is 6.95. The summed E-state index contributed by atoms with van der Waals surface area (Å²) in [6.07, 6.45) is 3.41. The number of fused-ring (bicyclic) bond motifs is 1. The smallest absolute Gasteiger partial charge is 0.270 e. The molecule has 2 aromatic carbocycles. The van der Waals surface area contributed by atoms with Crippen molar-refractivity contribution < 1.29 is 9.53 Å². The minimum atomic E-state index is 0.157. The standard InChI is InChI=1S/C28H37N3O2/c1-4-30(28(32)27-19-24-12-6-7-14-26(24)31(27)5-2)21-23-11-9-16-29(20-23)17-15-22-10-8-13-25(18-22)33-3/h6-8,10,12-14,18-19,23H,4-5,9,11,15-17,20-21H2,1-3H3. The molecule has 3 aromatic rings. The van der Waals surface area contributed by atoms with Gasteiger partial charge in [-0.25, -0.2) is 0 Å². The number of nitrogens with zero attached hydrogens (tertiary/aromatic N) is 3. The van der Waals surface area contributed by atoms with E-state index >= 15 is 0 Å². The van der Waals surface area contributed by atoms with Gasteiger partial charge >= 0.3 is 0 Å². The van der Waals surface area contributed by atoms with Crippen molar-refractivity contribution in [2.45, 2.75) is 39.7 Å². The highest BCUT2D eigenvalue weighted by atomic mass is 16.5. The highest BCUT2D eigenvalue weighted by Crippen LogP contribution is 2.23. The quantitative estimate of drug-likeness (QED) is 0.459. The van der Waals surface area contributed by atoms with Crippen LogP contribution in [0.25, 0.3) is 10.9 Å². The van der Waals surface area contributed by atoms with E-state index in [2.05, 4.69) is 64.6 Å². The summed E-state index contributed by atoms with van der Waals surface area (Å²) in [5.74, 6) is 1.60. The lowest BCUT2D eigenvalue weighted by atomic mass is 9.96. The number of carbonyl (C=O) groups is 1. The molecule has 33 heavy (non-hydrogen) atoms. The predicted octanol–water partition coefficient (Wildman–Crippen LogP) is 5.09. The molecule has 0 saturated carbocycles. The topological polar surface area (TPSA) is 37.7 Å². The second-order valence-electron chi connectivity index (χ2n) is 9.09. The van der Waals surface area contributed by atoms with Gasteiger partial charge in [-0.15, -0.1) is 0 Å². The van der Waals surface area contributed by atoms with E-state index in [0.29, 0.717) is 5.92 Å². The van der Waals surface area contributed by atoms with E-state index in [0.717, 1.165) is 68.0 Å². The molecule has 0 bridgehead atoms. The fourth-order valence-corrected chi connectivity index (χ4v) is 5.18. The summed E-state index contributed by atoms with van der Waals surface area (Å²) >= 11 is 0. The first kappa shape index (κ1) is 23.4. The van der Waals surface area contributed by atoms with Gasteiger partial charge in [-0.2, -0.15) is 0 Å². The van der Waals surface area contributed by atoms with Crippen LogP contribution < -0.4 is 4.74 Å².